The van der Waals surface area contributed by atoms with Crippen LogP contribution in [-0.2, 0) is 23.1 Å². The Morgan fingerprint density at radius 2 is 2.20 bits per heavy atom. The van der Waals surface area contributed by atoms with Crippen LogP contribution in [0.2, 0.25) is 0 Å². The molecule has 2 atom stereocenters. The van der Waals surface area contributed by atoms with Crippen LogP contribution in [0.1, 0.15) is 50.9 Å². The van der Waals surface area contributed by atoms with Crippen LogP contribution in [0, 0.1) is 12.8 Å². The van der Waals surface area contributed by atoms with E-state index in [0.29, 0.717) is 29.3 Å². The first-order valence-electron chi connectivity index (χ1n) is 10.1. The standard InChI is InChI=1S/C20H27N7O3/c1-12(2)29-20(28)14-6-5-7-15(8-14)30-18-11-22-19(25-13(18)3)16-9-24-27(4)17(16)10-23-26-21/h9,11-12,14-15H,5-8,10H2,1-4H3/t14-,15-/m0/s1. The third kappa shape index (κ3) is 5.07. The molecule has 2 heterocycles. The molecule has 0 aliphatic heterocycles. The van der Waals surface area contributed by atoms with Crippen LogP contribution in [0.5, 0.6) is 5.75 Å². The molecule has 0 saturated heterocycles. The second-order valence-corrected chi connectivity index (χ2v) is 7.75. The number of ether oxygens (including phenoxy) is 2. The third-order valence-corrected chi connectivity index (χ3v) is 5.13. The Balaban J connectivity index is 1.72. The molecule has 2 aromatic heterocycles. The van der Waals surface area contributed by atoms with Crippen molar-refractivity contribution in [1.29, 1.82) is 0 Å². The van der Waals surface area contributed by atoms with E-state index in [9.17, 15) is 4.79 Å². The Morgan fingerprint density at radius 1 is 1.40 bits per heavy atom. The van der Waals surface area contributed by atoms with E-state index in [-0.39, 0.29) is 30.6 Å². The number of carbonyl (C=O) groups excluding carboxylic acids is 1. The molecule has 30 heavy (non-hydrogen) atoms. The number of aromatic nitrogens is 4. The minimum atomic E-state index is -0.147. The van der Waals surface area contributed by atoms with Gasteiger partial charge < -0.3 is 9.47 Å². The highest BCUT2D eigenvalue weighted by Gasteiger charge is 2.30. The van der Waals surface area contributed by atoms with E-state index in [4.69, 9.17) is 15.0 Å². The zero-order valence-corrected chi connectivity index (χ0v) is 17.8. The monoisotopic (exact) mass is 413 g/mol. The van der Waals surface area contributed by atoms with Crippen LogP contribution < -0.4 is 4.74 Å². The van der Waals surface area contributed by atoms with E-state index >= 15 is 0 Å². The Labute approximate surface area is 175 Å². The molecule has 0 bridgehead atoms. The number of nitrogens with zero attached hydrogens (tertiary/aromatic N) is 7. The summed E-state index contributed by atoms with van der Waals surface area (Å²) in [7, 11) is 1.78. The smallest absolute Gasteiger partial charge is 0.309 e. The van der Waals surface area contributed by atoms with Gasteiger partial charge in [-0.05, 0) is 52.0 Å². The minimum Gasteiger partial charge on any atom is -0.487 e. The molecule has 0 aromatic carbocycles. The largest absolute Gasteiger partial charge is 0.487 e. The predicted molar refractivity (Wildman–Crippen MR) is 109 cm³/mol. The first-order valence-corrected chi connectivity index (χ1v) is 10.1. The number of carbonyl (C=O) groups is 1. The molecule has 0 radical (unpaired) electrons. The maximum absolute atomic E-state index is 12.2. The normalized spacial score (nSPS) is 18.7. The topological polar surface area (TPSA) is 128 Å². The van der Waals surface area contributed by atoms with Crippen molar-refractivity contribution in [3.63, 3.8) is 0 Å². The maximum atomic E-state index is 12.2. The Morgan fingerprint density at radius 3 is 2.90 bits per heavy atom. The molecule has 0 spiro atoms. The SMILES string of the molecule is Cc1nc(-c2cnn(C)c2CN=[N+]=[N-])ncc1O[C@H]1CCC[C@H](C(=O)OC(C)C)C1. The summed E-state index contributed by atoms with van der Waals surface area (Å²) in [6, 6.07) is 0. The van der Waals surface area contributed by atoms with Gasteiger partial charge in [-0.2, -0.15) is 5.10 Å². The van der Waals surface area contributed by atoms with Gasteiger partial charge in [-0.25, -0.2) is 9.97 Å². The second-order valence-electron chi connectivity index (χ2n) is 7.75. The first-order chi connectivity index (χ1) is 14.4. The van der Waals surface area contributed by atoms with Crippen molar-refractivity contribution in [1.82, 2.24) is 19.7 Å². The summed E-state index contributed by atoms with van der Waals surface area (Å²) >= 11 is 0. The average molecular weight is 413 g/mol. The van der Waals surface area contributed by atoms with Crippen molar-refractivity contribution in [3.8, 4) is 17.1 Å². The quantitative estimate of drug-likeness (QED) is 0.293. The molecule has 0 amide bonds. The van der Waals surface area contributed by atoms with Crippen LogP contribution in [0.4, 0.5) is 0 Å². The highest BCUT2D eigenvalue weighted by Crippen LogP contribution is 2.30. The van der Waals surface area contributed by atoms with Gasteiger partial charge >= 0.3 is 5.97 Å². The molecule has 10 nitrogen and oxygen atoms in total. The van der Waals surface area contributed by atoms with E-state index in [2.05, 4.69) is 25.1 Å². The third-order valence-electron chi connectivity index (χ3n) is 5.13. The fraction of sp³-hybridized carbons (Fsp3) is 0.600. The van der Waals surface area contributed by atoms with Crippen molar-refractivity contribution in [2.45, 2.75) is 65.2 Å². The van der Waals surface area contributed by atoms with Gasteiger partial charge in [0.15, 0.2) is 11.6 Å². The van der Waals surface area contributed by atoms with Crippen molar-refractivity contribution >= 4 is 5.97 Å². The van der Waals surface area contributed by atoms with Gasteiger partial charge in [0.05, 0.1) is 54.0 Å². The zero-order chi connectivity index (χ0) is 21.7. The molecular weight excluding hydrogens is 386 g/mol. The van der Waals surface area contributed by atoms with Crippen molar-refractivity contribution < 1.29 is 14.3 Å². The number of esters is 1. The van der Waals surface area contributed by atoms with Gasteiger partial charge in [0, 0.05) is 12.0 Å². The minimum absolute atomic E-state index is 0.0736. The van der Waals surface area contributed by atoms with Crippen LogP contribution >= 0.6 is 0 Å². The molecule has 1 aliphatic rings. The number of hydrogen-bond donors (Lipinski definition) is 0. The highest BCUT2D eigenvalue weighted by molar-refractivity contribution is 5.72. The van der Waals surface area contributed by atoms with Crippen LogP contribution in [0.15, 0.2) is 17.5 Å². The zero-order valence-electron chi connectivity index (χ0n) is 17.8. The van der Waals surface area contributed by atoms with Gasteiger partial charge in [0.1, 0.15) is 0 Å². The summed E-state index contributed by atoms with van der Waals surface area (Å²) in [6.07, 6.45) is 6.38. The summed E-state index contributed by atoms with van der Waals surface area (Å²) in [5.41, 5.74) is 10.8. The Kier molecular flexibility index (Phi) is 6.89. The number of hydrogen-bond acceptors (Lipinski definition) is 7. The van der Waals surface area contributed by atoms with E-state index in [1.54, 1.807) is 24.1 Å². The Bertz CT molecular complexity index is 950. The van der Waals surface area contributed by atoms with Gasteiger partial charge in [0.2, 0.25) is 0 Å². The number of rotatable bonds is 7. The van der Waals surface area contributed by atoms with Gasteiger partial charge in [-0.3, -0.25) is 9.48 Å². The van der Waals surface area contributed by atoms with Crippen LogP contribution in [0.25, 0.3) is 21.8 Å². The predicted octanol–water partition coefficient (Wildman–Crippen LogP) is 3.89. The summed E-state index contributed by atoms with van der Waals surface area (Å²) in [5.74, 6) is 0.816. The maximum Gasteiger partial charge on any atom is 0.309 e. The average Bonchev–Trinajstić information content (AvgIpc) is 3.08. The highest BCUT2D eigenvalue weighted by atomic mass is 16.5. The molecule has 0 N–H and O–H groups in total. The van der Waals surface area contributed by atoms with Gasteiger partial charge in [-0.1, -0.05) is 5.11 Å². The lowest BCUT2D eigenvalue weighted by Crippen LogP contribution is -2.32. The van der Waals surface area contributed by atoms with Crippen molar-refractivity contribution in [3.05, 3.63) is 34.2 Å². The molecule has 1 saturated carbocycles. The van der Waals surface area contributed by atoms with E-state index in [1.165, 1.54) is 0 Å². The van der Waals surface area contributed by atoms with Gasteiger partial charge in [-0.15, -0.1) is 0 Å². The Hall–Kier alpha value is -3.13. The molecule has 160 valence electrons. The van der Waals surface area contributed by atoms with Crippen LogP contribution in [0.3, 0.4) is 0 Å². The van der Waals surface area contributed by atoms with Gasteiger partial charge in [0.25, 0.3) is 0 Å². The second kappa shape index (κ2) is 9.58. The lowest BCUT2D eigenvalue weighted by atomic mass is 9.87. The lowest BCUT2D eigenvalue weighted by Gasteiger charge is -2.29. The summed E-state index contributed by atoms with van der Waals surface area (Å²) in [5, 5.41) is 7.83. The van der Waals surface area contributed by atoms with Crippen molar-refractivity contribution in [2.75, 3.05) is 0 Å². The molecule has 0 unspecified atom stereocenters. The summed E-state index contributed by atoms with van der Waals surface area (Å²) in [6.45, 7) is 5.74. The van der Waals surface area contributed by atoms with Crippen LogP contribution in [-0.4, -0.2) is 37.9 Å². The fourth-order valence-corrected chi connectivity index (χ4v) is 3.61. The molecular formula is C20H27N7O3. The van der Waals surface area contributed by atoms with E-state index in [0.717, 1.165) is 25.0 Å². The first kappa shape index (κ1) is 21.6. The van der Waals surface area contributed by atoms with Crippen molar-refractivity contribution in [2.24, 2.45) is 18.1 Å². The van der Waals surface area contributed by atoms with E-state index < -0.39 is 0 Å². The molecule has 3 rings (SSSR count). The molecule has 1 aliphatic carbocycles. The fourth-order valence-electron chi connectivity index (χ4n) is 3.61. The summed E-state index contributed by atoms with van der Waals surface area (Å²) < 4.78 is 13.1. The number of azide groups is 1. The molecule has 10 heteroatoms. The van der Waals surface area contributed by atoms with E-state index in [1.807, 2.05) is 20.8 Å². The molecule has 2 aromatic rings. The summed E-state index contributed by atoms with van der Waals surface area (Å²) in [4.78, 5) is 24.1. The number of aryl methyl sites for hydroxylation is 2. The molecule has 1 fully saturated rings. The lowest BCUT2D eigenvalue weighted by molar-refractivity contribution is -0.154.